The van der Waals surface area contributed by atoms with Crippen LogP contribution in [-0.2, 0) is 9.59 Å². The molecule has 150 valence electrons. The first-order chi connectivity index (χ1) is 13.9. The smallest absolute Gasteiger partial charge is 0.294 e. The quantitative estimate of drug-likeness (QED) is 0.685. The summed E-state index contributed by atoms with van der Waals surface area (Å²) >= 11 is 0.837. The summed E-state index contributed by atoms with van der Waals surface area (Å²) in [6.45, 7) is 4.41. The van der Waals surface area contributed by atoms with E-state index in [0.717, 1.165) is 22.2 Å². The van der Waals surface area contributed by atoms with Crippen molar-refractivity contribution in [2.75, 3.05) is 18.5 Å². The standard InChI is InChI=1S/C22H22N2O4S/c1-15(2)14-28-18-10-8-17(9-11-18)23-20(25)13-24-21(26)19(29-22(24)27)12-16-6-4-3-5-7-16/h3-12,15H,13-14H2,1-2H3,(H,23,25)/b19-12+. The van der Waals surface area contributed by atoms with Gasteiger partial charge in [-0.25, -0.2) is 0 Å². The lowest BCUT2D eigenvalue weighted by atomic mass is 10.2. The normalized spacial score (nSPS) is 15.3. The number of carbonyl (C=O) groups is 3. The van der Waals surface area contributed by atoms with Crippen LogP contribution in [0.25, 0.3) is 6.08 Å². The summed E-state index contributed by atoms with van der Waals surface area (Å²) in [6.07, 6.45) is 1.65. The molecule has 0 aromatic heterocycles. The summed E-state index contributed by atoms with van der Waals surface area (Å²) in [7, 11) is 0. The van der Waals surface area contributed by atoms with Crippen molar-refractivity contribution in [3.63, 3.8) is 0 Å². The number of anilines is 1. The van der Waals surface area contributed by atoms with Crippen molar-refractivity contribution in [3.8, 4) is 5.75 Å². The van der Waals surface area contributed by atoms with Crippen LogP contribution in [0.15, 0.2) is 59.5 Å². The van der Waals surface area contributed by atoms with Gasteiger partial charge in [0.15, 0.2) is 0 Å². The van der Waals surface area contributed by atoms with E-state index in [1.165, 1.54) is 0 Å². The van der Waals surface area contributed by atoms with Crippen LogP contribution in [0.1, 0.15) is 19.4 Å². The maximum Gasteiger partial charge on any atom is 0.294 e. The monoisotopic (exact) mass is 410 g/mol. The Hall–Kier alpha value is -3.06. The molecule has 0 unspecified atom stereocenters. The molecule has 0 radical (unpaired) electrons. The molecule has 29 heavy (non-hydrogen) atoms. The molecule has 1 saturated heterocycles. The van der Waals surface area contributed by atoms with E-state index in [9.17, 15) is 14.4 Å². The SMILES string of the molecule is CC(C)COc1ccc(NC(=O)CN2C(=O)S/C(=C/c3ccccc3)C2=O)cc1. The van der Waals surface area contributed by atoms with E-state index in [2.05, 4.69) is 19.2 Å². The first-order valence-electron chi connectivity index (χ1n) is 9.25. The van der Waals surface area contributed by atoms with Gasteiger partial charge in [-0.3, -0.25) is 19.3 Å². The van der Waals surface area contributed by atoms with E-state index >= 15 is 0 Å². The lowest BCUT2D eigenvalue weighted by Crippen LogP contribution is -2.36. The summed E-state index contributed by atoms with van der Waals surface area (Å²) in [5.41, 5.74) is 1.39. The Morgan fingerprint density at radius 3 is 2.45 bits per heavy atom. The third-order valence-electron chi connectivity index (χ3n) is 3.99. The highest BCUT2D eigenvalue weighted by Crippen LogP contribution is 2.32. The molecule has 0 atom stereocenters. The van der Waals surface area contributed by atoms with Crippen LogP contribution in [0.2, 0.25) is 0 Å². The highest BCUT2D eigenvalue weighted by molar-refractivity contribution is 8.18. The van der Waals surface area contributed by atoms with E-state index in [-0.39, 0.29) is 6.54 Å². The van der Waals surface area contributed by atoms with Gasteiger partial charge in [0, 0.05) is 5.69 Å². The van der Waals surface area contributed by atoms with Crippen LogP contribution in [0.4, 0.5) is 10.5 Å². The minimum atomic E-state index is -0.462. The number of nitrogens with one attached hydrogen (secondary N) is 1. The summed E-state index contributed by atoms with van der Waals surface area (Å²) < 4.78 is 5.60. The zero-order valence-electron chi connectivity index (χ0n) is 16.3. The van der Waals surface area contributed by atoms with Crippen LogP contribution >= 0.6 is 11.8 Å². The van der Waals surface area contributed by atoms with E-state index < -0.39 is 17.1 Å². The number of nitrogens with zero attached hydrogens (tertiary/aromatic N) is 1. The molecular weight excluding hydrogens is 388 g/mol. The Morgan fingerprint density at radius 1 is 1.10 bits per heavy atom. The zero-order valence-corrected chi connectivity index (χ0v) is 17.1. The zero-order chi connectivity index (χ0) is 20.8. The second-order valence-corrected chi connectivity index (χ2v) is 7.95. The third-order valence-corrected chi connectivity index (χ3v) is 4.90. The van der Waals surface area contributed by atoms with Gasteiger partial charge >= 0.3 is 0 Å². The van der Waals surface area contributed by atoms with Crippen molar-refractivity contribution < 1.29 is 19.1 Å². The average molecular weight is 410 g/mol. The topological polar surface area (TPSA) is 75.7 Å². The first kappa shape index (κ1) is 20.7. The van der Waals surface area contributed by atoms with Crippen LogP contribution in [0.5, 0.6) is 5.75 Å². The number of imide groups is 1. The molecule has 1 aliphatic rings. The van der Waals surface area contributed by atoms with Gasteiger partial charge in [0.2, 0.25) is 5.91 Å². The molecule has 3 amide bonds. The number of amides is 3. The number of carbonyl (C=O) groups excluding carboxylic acids is 3. The lowest BCUT2D eigenvalue weighted by molar-refractivity contribution is -0.127. The van der Waals surface area contributed by atoms with Crippen molar-refractivity contribution in [1.29, 1.82) is 0 Å². The average Bonchev–Trinajstić information content (AvgIpc) is 2.95. The fourth-order valence-corrected chi connectivity index (χ4v) is 3.42. The molecule has 0 saturated carbocycles. The molecular formula is C22H22N2O4S. The molecule has 1 aliphatic heterocycles. The largest absolute Gasteiger partial charge is 0.493 e. The number of ether oxygens (including phenoxy) is 1. The number of thioether (sulfide) groups is 1. The summed E-state index contributed by atoms with van der Waals surface area (Å²) in [4.78, 5) is 38.2. The Morgan fingerprint density at radius 2 is 1.79 bits per heavy atom. The lowest BCUT2D eigenvalue weighted by Gasteiger charge is -2.13. The Balaban J connectivity index is 1.58. The number of hydrogen-bond acceptors (Lipinski definition) is 5. The molecule has 7 heteroatoms. The maximum atomic E-state index is 12.5. The minimum Gasteiger partial charge on any atom is -0.493 e. The predicted molar refractivity (Wildman–Crippen MR) is 115 cm³/mol. The van der Waals surface area contributed by atoms with Crippen molar-refractivity contribution in [2.24, 2.45) is 5.92 Å². The van der Waals surface area contributed by atoms with E-state index in [1.807, 2.05) is 30.3 Å². The van der Waals surface area contributed by atoms with Crippen LogP contribution in [0, 0.1) is 5.92 Å². The molecule has 1 fully saturated rings. The van der Waals surface area contributed by atoms with Gasteiger partial charge in [-0.2, -0.15) is 0 Å². The highest BCUT2D eigenvalue weighted by atomic mass is 32.2. The molecule has 1 heterocycles. The molecule has 0 bridgehead atoms. The van der Waals surface area contributed by atoms with E-state index in [1.54, 1.807) is 30.3 Å². The third kappa shape index (κ3) is 5.71. The van der Waals surface area contributed by atoms with Gasteiger partial charge in [-0.15, -0.1) is 0 Å². The second-order valence-electron chi connectivity index (χ2n) is 6.96. The number of benzene rings is 2. The van der Waals surface area contributed by atoms with Gasteiger partial charge in [0.1, 0.15) is 12.3 Å². The fraction of sp³-hybridized carbons (Fsp3) is 0.227. The molecule has 1 N–H and O–H groups in total. The van der Waals surface area contributed by atoms with Gasteiger partial charge in [-0.1, -0.05) is 44.2 Å². The number of hydrogen-bond donors (Lipinski definition) is 1. The Kier molecular flexibility index (Phi) is 6.72. The fourth-order valence-electron chi connectivity index (χ4n) is 2.58. The summed E-state index contributed by atoms with van der Waals surface area (Å²) in [6, 6.07) is 16.2. The molecule has 3 rings (SSSR count). The van der Waals surface area contributed by atoms with Crippen LogP contribution < -0.4 is 10.1 Å². The molecule has 0 aliphatic carbocycles. The Labute approximate surface area is 173 Å². The molecule has 0 spiro atoms. The van der Waals surface area contributed by atoms with Crippen molar-refractivity contribution >= 4 is 40.6 Å². The van der Waals surface area contributed by atoms with Crippen molar-refractivity contribution in [3.05, 3.63) is 65.1 Å². The second kappa shape index (κ2) is 9.43. The molecule has 2 aromatic rings. The van der Waals surface area contributed by atoms with E-state index in [4.69, 9.17) is 4.74 Å². The van der Waals surface area contributed by atoms with Gasteiger partial charge in [0.25, 0.3) is 11.1 Å². The Bertz CT molecular complexity index is 924. The molecule has 2 aromatic carbocycles. The number of rotatable bonds is 7. The summed E-state index contributed by atoms with van der Waals surface area (Å²) in [5, 5.41) is 2.24. The van der Waals surface area contributed by atoms with Gasteiger partial charge < -0.3 is 10.1 Å². The summed E-state index contributed by atoms with van der Waals surface area (Å²) in [5.74, 6) is 0.234. The first-order valence-corrected chi connectivity index (χ1v) is 10.1. The minimum absolute atomic E-state index is 0.306. The van der Waals surface area contributed by atoms with Crippen molar-refractivity contribution in [2.45, 2.75) is 13.8 Å². The van der Waals surface area contributed by atoms with Gasteiger partial charge in [0.05, 0.1) is 11.5 Å². The predicted octanol–water partition coefficient (Wildman–Crippen LogP) is 4.40. The van der Waals surface area contributed by atoms with Gasteiger partial charge in [-0.05, 0) is 53.6 Å². The van der Waals surface area contributed by atoms with Crippen molar-refractivity contribution in [1.82, 2.24) is 4.90 Å². The molecule has 6 nitrogen and oxygen atoms in total. The van der Waals surface area contributed by atoms with Crippen LogP contribution in [0.3, 0.4) is 0 Å². The van der Waals surface area contributed by atoms with Crippen LogP contribution in [-0.4, -0.2) is 35.1 Å². The van der Waals surface area contributed by atoms with E-state index in [0.29, 0.717) is 28.9 Å². The highest BCUT2D eigenvalue weighted by Gasteiger charge is 2.36. The maximum absolute atomic E-state index is 12.5.